The van der Waals surface area contributed by atoms with Crippen molar-refractivity contribution < 1.29 is 4.74 Å². The molecule has 0 unspecified atom stereocenters. The molecule has 1 aromatic heterocycles. The molecular weight excluding hydrogens is 212 g/mol. The first-order valence-electron chi connectivity index (χ1n) is 6.72. The molecule has 0 atom stereocenters. The molecule has 0 saturated heterocycles. The van der Waals surface area contributed by atoms with Crippen LogP contribution >= 0.6 is 0 Å². The van der Waals surface area contributed by atoms with Crippen molar-refractivity contribution in [3.05, 3.63) is 18.3 Å². The second-order valence-corrected chi connectivity index (χ2v) is 4.71. The molecule has 94 valence electrons. The molecular formula is C14H22N2O. The van der Waals surface area contributed by atoms with E-state index in [2.05, 4.69) is 17.2 Å². The Bertz CT molecular complexity index is 337. The van der Waals surface area contributed by atoms with Gasteiger partial charge >= 0.3 is 0 Å². The van der Waals surface area contributed by atoms with E-state index in [9.17, 15) is 0 Å². The summed E-state index contributed by atoms with van der Waals surface area (Å²) in [6.45, 7) is 3.86. The van der Waals surface area contributed by atoms with Crippen LogP contribution in [0.25, 0.3) is 0 Å². The maximum atomic E-state index is 5.65. The topological polar surface area (TPSA) is 34.1 Å². The lowest BCUT2D eigenvalue weighted by Gasteiger charge is -2.11. The van der Waals surface area contributed by atoms with E-state index >= 15 is 0 Å². The summed E-state index contributed by atoms with van der Waals surface area (Å²) < 4.78 is 5.65. The van der Waals surface area contributed by atoms with Gasteiger partial charge in [-0.05, 0) is 37.3 Å². The number of nitrogens with zero attached hydrogens (tertiary/aromatic N) is 1. The van der Waals surface area contributed by atoms with Crippen LogP contribution in [0.2, 0.25) is 0 Å². The summed E-state index contributed by atoms with van der Waals surface area (Å²) in [5, 5.41) is 3.37. The van der Waals surface area contributed by atoms with Crippen LogP contribution < -0.4 is 10.1 Å². The third-order valence-electron chi connectivity index (χ3n) is 3.01. The number of aromatic nitrogens is 1. The zero-order valence-corrected chi connectivity index (χ0v) is 10.6. The van der Waals surface area contributed by atoms with E-state index in [1.54, 1.807) is 0 Å². The summed E-state index contributed by atoms with van der Waals surface area (Å²) in [7, 11) is 0. The summed E-state index contributed by atoms with van der Waals surface area (Å²) in [4.78, 5) is 4.33. The van der Waals surface area contributed by atoms with Gasteiger partial charge in [0.1, 0.15) is 0 Å². The Balaban J connectivity index is 1.76. The van der Waals surface area contributed by atoms with E-state index in [1.165, 1.54) is 25.7 Å². The van der Waals surface area contributed by atoms with E-state index in [0.717, 1.165) is 37.1 Å². The zero-order chi connectivity index (χ0) is 11.9. The molecule has 0 aromatic carbocycles. The van der Waals surface area contributed by atoms with Gasteiger partial charge in [-0.1, -0.05) is 19.8 Å². The molecule has 0 radical (unpaired) electrons. The largest absolute Gasteiger partial charge is 0.490 e. The van der Waals surface area contributed by atoms with Crippen molar-refractivity contribution in [3.63, 3.8) is 0 Å². The Hall–Kier alpha value is -1.25. The predicted molar refractivity (Wildman–Crippen MR) is 70.5 cm³/mol. The van der Waals surface area contributed by atoms with Crippen LogP contribution in [0, 0.1) is 5.92 Å². The number of nitrogens with one attached hydrogen (secondary N) is 1. The van der Waals surface area contributed by atoms with Crippen molar-refractivity contribution in [2.75, 3.05) is 18.5 Å². The number of hydrogen-bond donors (Lipinski definition) is 1. The summed E-state index contributed by atoms with van der Waals surface area (Å²) >= 11 is 0. The lowest BCUT2D eigenvalue weighted by atomic mass is 10.2. The predicted octanol–water partition coefficient (Wildman–Crippen LogP) is 3.47. The van der Waals surface area contributed by atoms with Crippen LogP contribution in [0.1, 0.15) is 39.0 Å². The Labute approximate surface area is 104 Å². The van der Waals surface area contributed by atoms with Crippen LogP contribution in [-0.4, -0.2) is 18.1 Å². The molecule has 1 aliphatic carbocycles. The highest BCUT2D eigenvalue weighted by molar-refractivity contribution is 5.49. The van der Waals surface area contributed by atoms with Crippen LogP contribution in [0.4, 0.5) is 5.82 Å². The molecule has 0 bridgehead atoms. The maximum absolute atomic E-state index is 5.65. The highest BCUT2D eigenvalue weighted by Crippen LogP contribution is 2.33. The average molecular weight is 234 g/mol. The second-order valence-electron chi connectivity index (χ2n) is 4.71. The fourth-order valence-electron chi connectivity index (χ4n) is 1.86. The van der Waals surface area contributed by atoms with Crippen LogP contribution in [0.15, 0.2) is 18.3 Å². The summed E-state index contributed by atoms with van der Waals surface area (Å²) in [6, 6.07) is 3.90. The fraction of sp³-hybridized carbons (Fsp3) is 0.643. The van der Waals surface area contributed by atoms with Crippen molar-refractivity contribution in [1.82, 2.24) is 4.98 Å². The molecule has 0 spiro atoms. The molecule has 1 heterocycles. The van der Waals surface area contributed by atoms with Crippen molar-refractivity contribution in [2.45, 2.75) is 39.0 Å². The second kappa shape index (κ2) is 6.48. The quantitative estimate of drug-likeness (QED) is 0.699. The number of pyridine rings is 1. The van der Waals surface area contributed by atoms with Crippen molar-refractivity contribution in [3.8, 4) is 5.75 Å². The average Bonchev–Trinajstić information content (AvgIpc) is 3.17. The van der Waals surface area contributed by atoms with Gasteiger partial charge in [-0.15, -0.1) is 0 Å². The Morgan fingerprint density at radius 3 is 3.12 bits per heavy atom. The number of anilines is 1. The Kier molecular flexibility index (Phi) is 4.65. The highest BCUT2D eigenvalue weighted by atomic mass is 16.5. The molecule has 0 amide bonds. The van der Waals surface area contributed by atoms with Crippen LogP contribution in [-0.2, 0) is 0 Å². The van der Waals surface area contributed by atoms with Crippen LogP contribution in [0.3, 0.4) is 0 Å². The van der Waals surface area contributed by atoms with E-state index in [1.807, 2.05) is 18.3 Å². The lowest BCUT2D eigenvalue weighted by molar-refractivity contribution is 0.318. The van der Waals surface area contributed by atoms with Gasteiger partial charge in [0.25, 0.3) is 0 Å². The van der Waals surface area contributed by atoms with Gasteiger partial charge in [0.2, 0.25) is 0 Å². The molecule has 1 fully saturated rings. The van der Waals surface area contributed by atoms with Gasteiger partial charge in [0.15, 0.2) is 11.6 Å². The Morgan fingerprint density at radius 2 is 2.35 bits per heavy atom. The van der Waals surface area contributed by atoms with Crippen molar-refractivity contribution >= 4 is 5.82 Å². The van der Waals surface area contributed by atoms with E-state index in [0.29, 0.717) is 0 Å². The first-order chi connectivity index (χ1) is 8.40. The van der Waals surface area contributed by atoms with E-state index in [4.69, 9.17) is 4.74 Å². The number of hydrogen-bond acceptors (Lipinski definition) is 3. The SMILES string of the molecule is CCCOc1cccnc1NCCCC1CC1. The molecule has 0 aliphatic heterocycles. The van der Waals surface area contributed by atoms with Gasteiger partial charge in [-0.25, -0.2) is 4.98 Å². The summed E-state index contributed by atoms with van der Waals surface area (Å²) in [5.41, 5.74) is 0. The number of ether oxygens (including phenoxy) is 1. The Morgan fingerprint density at radius 1 is 1.47 bits per heavy atom. The van der Waals surface area contributed by atoms with E-state index in [-0.39, 0.29) is 0 Å². The first kappa shape index (κ1) is 12.2. The standard InChI is InChI=1S/C14H22N2O/c1-2-11-17-13-6-4-10-16-14(13)15-9-3-5-12-7-8-12/h4,6,10,12H,2-3,5,7-9,11H2,1H3,(H,15,16). The number of rotatable bonds is 8. The van der Waals surface area contributed by atoms with E-state index < -0.39 is 0 Å². The molecule has 3 heteroatoms. The minimum Gasteiger partial charge on any atom is -0.490 e. The molecule has 2 rings (SSSR count). The smallest absolute Gasteiger partial charge is 0.168 e. The third kappa shape index (κ3) is 4.25. The molecule has 3 nitrogen and oxygen atoms in total. The molecule has 1 aromatic rings. The normalized spacial score (nSPS) is 14.6. The highest BCUT2D eigenvalue weighted by Gasteiger charge is 2.19. The third-order valence-corrected chi connectivity index (χ3v) is 3.01. The van der Waals surface area contributed by atoms with Gasteiger partial charge in [-0.2, -0.15) is 0 Å². The summed E-state index contributed by atoms with van der Waals surface area (Å²) in [5.74, 6) is 2.77. The summed E-state index contributed by atoms with van der Waals surface area (Å²) in [6.07, 6.45) is 8.29. The monoisotopic (exact) mass is 234 g/mol. The lowest BCUT2D eigenvalue weighted by Crippen LogP contribution is -2.06. The zero-order valence-electron chi connectivity index (χ0n) is 10.6. The minimum atomic E-state index is 0.752. The van der Waals surface area contributed by atoms with Crippen LogP contribution in [0.5, 0.6) is 5.75 Å². The first-order valence-corrected chi connectivity index (χ1v) is 6.72. The minimum absolute atomic E-state index is 0.752. The van der Waals surface area contributed by atoms with Gasteiger partial charge < -0.3 is 10.1 Å². The van der Waals surface area contributed by atoms with Gasteiger partial charge in [0.05, 0.1) is 6.61 Å². The molecule has 1 saturated carbocycles. The van der Waals surface area contributed by atoms with Gasteiger partial charge in [0, 0.05) is 12.7 Å². The molecule has 1 aliphatic rings. The fourth-order valence-corrected chi connectivity index (χ4v) is 1.86. The maximum Gasteiger partial charge on any atom is 0.168 e. The van der Waals surface area contributed by atoms with Crippen molar-refractivity contribution in [1.29, 1.82) is 0 Å². The van der Waals surface area contributed by atoms with Gasteiger partial charge in [-0.3, -0.25) is 0 Å². The molecule has 1 N–H and O–H groups in total. The molecule has 17 heavy (non-hydrogen) atoms. The van der Waals surface area contributed by atoms with Crippen molar-refractivity contribution in [2.24, 2.45) is 5.92 Å².